The van der Waals surface area contributed by atoms with Crippen molar-refractivity contribution in [3.63, 3.8) is 0 Å². The van der Waals surface area contributed by atoms with E-state index in [2.05, 4.69) is 43.4 Å². The van der Waals surface area contributed by atoms with Crippen LogP contribution < -0.4 is 10.1 Å². The first kappa shape index (κ1) is 13.4. The highest BCUT2D eigenvalue weighted by atomic mass is 16.5. The van der Waals surface area contributed by atoms with Crippen LogP contribution in [0.5, 0.6) is 5.75 Å². The smallest absolute Gasteiger partial charge is 0.119 e. The first-order valence-corrected chi connectivity index (χ1v) is 7.20. The molecule has 0 bridgehead atoms. The topological polar surface area (TPSA) is 21.3 Å². The fraction of sp³-hybridized carbons (Fsp3) is 0.625. The molecule has 18 heavy (non-hydrogen) atoms. The van der Waals surface area contributed by atoms with Crippen LogP contribution in [-0.4, -0.2) is 12.6 Å². The van der Waals surface area contributed by atoms with E-state index in [0.29, 0.717) is 12.0 Å². The van der Waals surface area contributed by atoms with E-state index in [9.17, 15) is 0 Å². The van der Waals surface area contributed by atoms with Gasteiger partial charge in [0.05, 0.1) is 6.10 Å². The molecule has 0 amide bonds. The Morgan fingerprint density at radius 3 is 2.44 bits per heavy atom. The maximum absolute atomic E-state index is 5.95. The van der Waals surface area contributed by atoms with Crippen LogP contribution in [0.15, 0.2) is 24.3 Å². The molecular weight excluding hydrogens is 222 g/mol. The average molecular weight is 247 g/mol. The van der Waals surface area contributed by atoms with Crippen molar-refractivity contribution in [3.05, 3.63) is 29.8 Å². The summed E-state index contributed by atoms with van der Waals surface area (Å²) < 4.78 is 5.95. The second-order valence-corrected chi connectivity index (χ2v) is 5.69. The Labute approximate surface area is 111 Å². The lowest BCUT2D eigenvalue weighted by Gasteiger charge is -2.13. The van der Waals surface area contributed by atoms with Crippen LogP contribution in [0.4, 0.5) is 0 Å². The van der Waals surface area contributed by atoms with E-state index in [0.717, 1.165) is 18.8 Å². The molecule has 1 aliphatic carbocycles. The van der Waals surface area contributed by atoms with E-state index in [1.54, 1.807) is 0 Å². The molecule has 1 aromatic carbocycles. The summed E-state index contributed by atoms with van der Waals surface area (Å²) in [5.41, 5.74) is 1.33. The fourth-order valence-corrected chi connectivity index (χ4v) is 2.39. The van der Waals surface area contributed by atoms with E-state index in [4.69, 9.17) is 4.74 Å². The maximum Gasteiger partial charge on any atom is 0.119 e. The van der Waals surface area contributed by atoms with Gasteiger partial charge >= 0.3 is 0 Å². The van der Waals surface area contributed by atoms with Crippen LogP contribution in [0.1, 0.15) is 45.1 Å². The van der Waals surface area contributed by atoms with Gasteiger partial charge in [0.2, 0.25) is 0 Å². The van der Waals surface area contributed by atoms with Gasteiger partial charge in [-0.05, 0) is 55.8 Å². The molecule has 1 aromatic rings. The predicted molar refractivity (Wildman–Crippen MR) is 75.9 cm³/mol. The van der Waals surface area contributed by atoms with Crippen molar-refractivity contribution in [1.82, 2.24) is 5.32 Å². The number of hydrogen-bond acceptors (Lipinski definition) is 2. The summed E-state index contributed by atoms with van der Waals surface area (Å²) in [7, 11) is 0. The highest BCUT2D eigenvalue weighted by molar-refractivity contribution is 5.27. The molecule has 0 saturated heterocycles. The molecule has 1 N–H and O–H groups in total. The molecule has 2 rings (SSSR count). The lowest BCUT2D eigenvalue weighted by molar-refractivity contribution is 0.210. The Kier molecular flexibility index (Phi) is 5.06. The van der Waals surface area contributed by atoms with Gasteiger partial charge in [-0.2, -0.15) is 0 Å². The Morgan fingerprint density at radius 1 is 1.17 bits per heavy atom. The van der Waals surface area contributed by atoms with Gasteiger partial charge < -0.3 is 10.1 Å². The molecular formula is C16H25NO. The van der Waals surface area contributed by atoms with Crippen molar-refractivity contribution in [2.75, 3.05) is 6.54 Å². The third-order valence-corrected chi connectivity index (χ3v) is 3.41. The minimum atomic E-state index is 0.454. The van der Waals surface area contributed by atoms with Gasteiger partial charge in [-0.1, -0.05) is 26.0 Å². The summed E-state index contributed by atoms with van der Waals surface area (Å²) in [6.07, 6.45) is 5.54. The number of hydrogen-bond donors (Lipinski definition) is 1. The molecule has 0 unspecified atom stereocenters. The zero-order chi connectivity index (χ0) is 12.8. The zero-order valence-corrected chi connectivity index (χ0v) is 11.6. The lowest BCUT2D eigenvalue weighted by atomic mass is 10.2. The molecule has 1 saturated carbocycles. The average Bonchev–Trinajstić information content (AvgIpc) is 2.84. The summed E-state index contributed by atoms with van der Waals surface area (Å²) >= 11 is 0. The summed E-state index contributed by atoms with van der Waals surface area (Å²) in [4.78, 5) is 0. The van der Waals surface area contributed by atoms with Gasteiger partial charge in [0.15, 0.2) is 0 Å². The molecule has 2 heteroatoms. The standard InChI is InChI=1S/C16H25NO/c1-13(2)11-17-12-14-7-9-16(10-8-14)18-15-5-3-4-6-15/h7-10,13,15,17H,3-6,11-12H2,1-2H3. The van der Waals surface area contributed by atoms with E-state index in [-0.39, 0.29) is 0 Å². The Balaban J connectivity index is 1.77. The first-order valence-electron chi connectivity index (χ1n) is 7.20. The van der Waals surface area contributed by atoms with E-state index in [1.807, 2.05) is 0 Å². The minimum absolute atomic E-state index is 0.454. The van der Waals surface area contributed by atoms with E-state index < -0.39 is 0 Å². The van der Waals surface area contributed by atoms with Crippen molar-refractivity contribution in [3.8, 4) is 5.75 Å². The van der Waals surface area contributed by atoms with Crippen LogP contribution in [-0.2, 0) is 6.54 Å². The fourth-order valence-electron chi connectivity index (χ4n) is 2.39. The molecule has 0 aliphatic heterocycles. The minimum Gasteiger partial charge on any atom is -0.490 e. The highest BCUT2D eigenvalue weighted by Crippen LogP contribution is 2.24. The number of benzene rings is 1. The lowest BCUT2D eigenvalue weighted by Crippen LogP contribution is -2.18. The van der Waals surface area contributed by atoms with Gasteiger partial charge in [-0.25, -0.2) is 0 Å². The Bertz CT molecular complexity index is 339. The normalized spacial score (nSPS) is 16.4. The zero-order valence-electron chi connectivity index (χ0n) is 11.6. The third kappa shape index (κ3) is 4.34. The van der Waals surface area contributed by atoms with Gasteiger partial charge in [-0.15, -0.1) is 0 Å². The van der Waals surface area contributed by atoms with Gasteiger partial charge in [0, 0.05) is 6.54 Å². The predicted octanol–water partition coefficient (Wildman–Crippen LogP) is 3.75. The van der Waals surface area contributed by atoms with Crippen LogP contribution in [0.3, 0.4) is 0 Å². The second-order valence-electron chi connectivity index (χ2n) is 5.69. The molecule has 0 atom stereocenters. The van der Waals surface area contributed by atoms with Crippen LogP contribution in [0.25, 0.3) is 0 Å². The molecule has 1 aliphatic rings. The molecule has 100 valence electrons. The van der Waals surface area contributed by atoms with Crippen molar-refractivity contribution in [2.45, 2.75) is 52.2 Å². The number of ether oxygens (including phenoxy) is 1. The molecule has 0 radical (unpaired) electrons. The quantitative estimate of drug-likeness (QED) is 0.826. The second kappa shape index (κ2) is 6.79. The summed E-state index contributed by atoms with van der Waals surface area (Å²) in [5, 5.41) is 3.45. The maximum atomic E-state index is 5.95. The molecule has 1 fully saturated rings. The number of nitrogens with one attached hydrogen (secondary N) is 1. The van der Waals surface area contributed by atoms with Crippen molar-refractivity contribution >= 4 is 0 Å². The van der Waals surface area contributed by atoms with Crippen LogP contribution in [0.2, 0.25) is 0 Å². The number of rotatable bonds is 6. The molecule has 2 nitrogen and oxygen atoms in total. The highest BCUT2D eigenvalue weighted by Gasteiger charge is 2.16. The van der Waals surface area contributed by atoms with Crippen molar-refractivity contribution < 1.29 is 4.74 Å². The van der Waals surface area contributed by atoms with Gasteiger partial charge in [0.25, 0.3) is 0 Å². The SMILES string of the molecule is CC(C)CNCc1ccc(OC2CCCC2)cc1. The molecule has 0 aromatic heterocycles. The Morgan fingerprint density at radius 2 is 1.83 bits per heavy atom. The first-order chi connectivity index (χ1) is 8.74. The summed E-state index contributed by atoms with van der Waals surface area (Å²) in [6, 6.07) is 8.53. The Hall–Kier alpha value is -1.02. The largest absolute Gasteiger partial charge is 0.490 e. The molecule has 0 spiro atoms. The van der Waals surface area contributed by atoms with E-state index >= 15 is 0 Å². The monoisotopic (exact) mass is 247 g/mol. The van der Waals surface area contributed by atoms with Crippen LogP contribution >= 0.6 is 0 Å². The van der Waals surface area contributed by atoms with Crippen molar-refractivity contribution in [1.29, 1.82) is 0 Å². The van der Waals surface area contributed by atoms with Crippen molar-refractivity contribution in [2.24, 2.45) is 5.92 Å². The molecule has 0 heterocycles. The van der Waals surface area contributed by atoms with Crippen LogP contribution in [0, 0.1) is 5.92 Å². The van der Waals surface area contributed by atoms with Gasteiger partial charge in [0.1, 0.15) is 5.75 Å². The summed E-state index contributed by atoms with van der Waals surface area (Å²) in [5.74, 6) is 1.73. The van der Waals surface area contributed by atoms with Gasteiger partial charge in [-0.3, -0.25) is 0 Å². The van der Waals surface area contributed by atoms with E-state index in [1.165, 1.54) is 31.2 Å². The summed E-state index contributed by atoms with van der Waals surface area (Å²) in [6.45, 7) is 6.47. The third-order valence-electron chi connectivity index (χ3n) is 3.41.